The second-order valence-corrected chi connectivity index (χ2v) is 10.8. The topological polar surface area (TPSA) is 49.9 Å². The Bertz CT molecular complexity index is 1040. The zero-order valence-electron chi connectivity index (χ0n) is 21.8. The Morgan fingerprint density at radius 2 is 1.81 bits per heavy atom. The molecule has 1 atom stereocenters. The number of halogens is 3. The lowest BCUT2D eigenvalue weighted by molar-refractivity contribution is -0.147. The van der Waals surface area contributed by atoms with Gasteiger partial charge in [0.1, 0.15) is 5.82 Å². The summed E-state index contributed by atoms with van der Waals surface area (Å²) in [5.74, 6) is 3.27. The average molecular weight is 521 g/mol. The number of ether oxygens (including phenoxy) is 2. The molecular weight excluding hydrogens is 481 g/mol. The molecule has 5 rings (SSSR count). The first-order valence-corrected chi connectivity index (χ1v) is 13.8. The van der Waals surface area contributed by atoms with E-state index < -0.39 is 12.7 Å². The monoisotopic (exact) mass is 520 g/mol. The quantitative estimate of drug-likeness (QED) is 0.450. The van der Waals surface area contributed by atoms with Gasteiger partial charge in [-0.2, -0.15) is 13.2 Å². The molecule has 0 radical (unpaired) electrons. The number of alkyl halides is 3. The van der Waals surface area contributed by atoms with E-state index in [1.54, 1.807) is 7.11 Å². The number of pyridine rings is 1. The van der Waals surface area contributed by atoms with Gasteiger partial charge in [-0.25, -0.2) is 4.98 Å². The van der Waals surface area contributed by atoms with E-state index in [9.17, 15) is 13.2 Å². The van der Waals surface area contributed by atoms with Crippen molar-refractivity contribution in [2.24, 2.45) is 5.92 Å². The normalized spacial score (nSPS) is 21.7. The molecule has 0 amide bonds. The van der Waals surface area contributed by atoms with Crippen LogP contribution in [0.4, 0.5) is 19.0 Å². The lowest BCUT2D eigenvalue weighted by atomic mass is 9.87. The Labute approximate surface area is 217 Å². The number of nitrogens with one attached hydrogen (secondary N) is 1. The zero-order chi connectivity index (χ0) is 25.8. The second-order valence-electron chi connectivity index (χ2n) is 10.8. The van der Waals surface area contributed by atoms with Crippen molar-refractivity contribution < 1.29 is 22.6 Å². The molecule has 0 saturated carbocycles. The van der Waals surface area contributed by atoms with E-state index in [0.717, 1.165) is 80.1 Å². The molecule has 3 saturated heterocycles. The fraction of sp³-hybridized carbons (Fsp3) is 0.679. The number of hydrogen-bond acceptors (Lipinski definition) is 6. The molecule has 1 N–H and O–H groups in total. The molecule has 0 unspecified atom stereocenters. The molecule has 204 valence electrons. The van der Waals surface area contributed by atoms with Gasteiger partial charge in [-0.3, -0.25) is 4.90 Å². The summed E-state index contributed by atoms with van der Waals surface area (Å²) in [6, 6.07) is 6.18. The number of rotatable bonds is 9. The number of fused-ring (bicyclic) bond motifs is 1. The third kappa shape index (κ3) is 6.60. The van der Waals surface area contributed by atoms with Crippen molar-refractivity contribution in [2.75, 3.05) is 64.4 Å². The molecule has 1 aromatic heterocycles. The molecule has 3 aliphatic heterocycles. The van der Waals surface area contributed by atoms with Gasteiger partial charge in [-0.05, 0) is 101 Å². The van der Waals surface area contributed by atoms with Crippen LogP contribution in [0.1, 0.15) is 56.4 Å². The van der Waals surface area contributed by atoms with Gasteiger partial charge in [-0.15, -0.1) is 0 Å². The Kier molecular flexibility index (Phi) is 8.29. The fourth-order valence-electron chi connectivity index (χ4n) is 6.13. The first-order chi connectivity index (χ1) is 17.9. The minimum absolute atomic E-state index is 0.188. The van der Waals surface area contributed by atoms with Crippen LogP contribution in [0.5, 0.6) is 11.5 Å². The van der Waals surface area contributed by atoms with Crippen molar-refractivity contribution >= 4 is 16.7 Å². The minimum atomic E-state index is -4.16. The SMILES string of the molecule is COc1cc2c(C3CCN(CC(F)(F)F)CC3)cc(N3CCCC3)nc2cc1OCCC[C@@H]1CCNC1. The van der Waals surface area contributed by atoms with Crippen molar-refractivity contribution in [3.05, 3.63) is 23.8 Å². The maximum Gasteiger partial charge on any atom is 0.401 e. The molecule has 3 fully saturated rings. The molecule has 0 spiro atoms. The first-order valence-electron chi connectivity index (χ1n) is 13.8. The van der Waals surface area contributed by atoms with E-state index in [4.69, 9.17) is 14.5 Å². The highest BCUT2D eigenvalue weighted by molar-refractivity contribution is 5.88. The lowest BCUT2D eigenvalue weighted by Gasteiger charge is -2.33. The minimum Gasteiger partial charge on any atom is -0.493 e. The van der Waals surface area contributed by atoms with Crippen LogP contribution in [-0.2, 0) is 0 Å². The van der Waals surface area contributed by atoms with Crippen LogP contribution in [0.15, 0.2) is 18.2 Å². The van der Waals surface area contributed by atoms with Crippen LogP contribution in [0.25, 0.3) is 10.9 Å². The summed E-state index contributed by atoms with van der Waals surface area (Å²) < 4.78 is 50.7. The highest BCUT2D eigenvalue weighted by Gasteiger charge is 2.33. The van der Waals surface area contributed by atoms with Gasteiger partial charge in [0.2, 0.25) is 0 Å². The lowest BCUT2D eigenvalue weighted by Crippen LogP contribution is -2.39. The molecule has 3 aliphatic rings. The Morgan fingerprint density at radius 3 is 2.49 bits per heavy atom. The van der Waals surface area contributed by atoms with Crippen molar-refractivity contribution in [3.63, 3.8) is 0 Å². The van der Waals surface area contributed by atoms with Crippen molar-refractivity contribution in [1.29, 1.82) is 0 Å². The van der Waals surface area contributed by atoms with Gasteiger partial charge in [0.25, 0.3) is 0 Å². The number of hydrogen-bond donors (Lipinski definition) is 1. The van der Waals surface area contributed by atoms with Crippen molar-refractivity contribution in [3.8, 4) is 11.5 Å². The van der Waals surface area contributed by atoms with E-state index in [1.165, 1.54) is 11.3 Å². The van der Waals surface area contributed by atoms with Gasteiger partial charge in [0.05, 0.1) is 25.8 Å². The number of likely N-dealkylation sites (tertiary alicyclic amines) is 1. The van der Waals surface area contributed by atoms with Crippen molar-refractivity contribution in [1.82, 2.24) is 15.2 Å². The van der Waals surface area contributed by atoms with Gasteiger partial charge in [0.15, 0.2) is 11.5 Å². The summed E-state index contributed by atoms with van der Waals surface area (Å²) in [6.07, 6.45) is 2.93. The summed E-state index contributed by atoms with van der Waals surface area (Å²) in [5, 5.41) is 4.43. The van der Waals surface area contributed by atoms with Crippen LogP contribution in [-0.4, -0.2) is 75.6 Å². The van der Waals surface area contributed by atoms with Crippen LogP contribution in [0.2, 0.25) is 0 Å². The maximum absolute atomic E-state index is 12.9. The summed E-state index contributed by atoms with van der Waals surface area (Å²) in [4.78, 5) is 8.87. The second kappa shape index (κ2) is 11.6. The Hall–Kier alpha value is -2.26. The van der Waals surface area contributed by atoms with E-state index in [0.29, 0.717) is 44.0 Å². The van der Waals surface area contributed by atoms with E-state index in [2.05, 4.69) is 16.3 Å². The van der Waals surface area contributed by atoms with Crippen LogP contribution >= 0.6 is 0 Å². The number of piperidine rings is 1. The van der Waals surface area contributed by atoms with Gasteiger partial charge in [0, 0.05) is 24.5 Å². The molecule has 9 heteroatoms. The summed E-state index contributed by atoms with van der Waals surface area (Å²) in [6.45, 7) is 4.87. The van der Waals surface area contributed by atoms with Gasteiger partial charge < -0.3 is 19.7 Å². The summed E-state index contributed by atoms with van der Waals surface area (Å²) in [5.41, 5.74) is 2.03. The van der Waals surface area contributed by atoms with Crippen LogP contribution < -0.4 is 19.7 Å². The van der Waals surface area contributed by atoms with Crippen LogP contribution in [0.3, 0.4) is 0 Å². The molecule has 1 aromatic carbocycles. The molecule has 0 aliphatic carbocycles. The first kappa shape index (κ1) is 26.4. The summed E-state index contributed by atoms with van der Waals surface area (Å²) in [7, 11) is 1.65. The fourth-order valence-corrected chi connectivity index (χ4v) is 6.13. The number of nitrogens with zero attached hydrogens (tertiary/aromatic N) is 3. The molecule has 2 aromatic rings. The number of methoxy groups -OCH3 is 1. The number of anilines is 1. The highest BCUT2D eigenvalue weighted by Crippen LogP contribution is 2.40. The number of benzene rings is 1. The standard InChI is InChI=1S/C28H39F3N4O2/c1-36-25-15-23-22(21-7-12-34(13-8-21)19-28(29,30)31)16-27(35-10-2-3-11-35)33-24(23)17-26(25)37-14-4-5-20-6-9-32-18-20/h15-17,20-21,32H,2-14,18-19H2,1H3/t20-/m1/s1. The zero-order valence-corrected chi connectivity index (χ0v) is 21.8. The van der Waals surface area contributed by atoms with Crippen LogP contribution in [0, 0.1) is 5.92 Å². The predicted octanol–water partition coefficient (Wildman–Crippen LogP) is 5.35. The van der Waals surface area contributed by atoms with Crippen molar-refractivity contribution in [2.45, 2.75) is 57.0 Å². The maximum atomic E-state index is 12.9. The van der Waals surface area contributed by atoms with E-state index >= 15 is 0 Å². The smallest absolute Gasteiger partial charge is 0.401 e. The number of aromatic nitrogens is 1. The molecule has 37 heavy (non-hydrogen) atoms. The predicted molar refractivity (Wildman–Crippen MR) is 140 cm³/mol. The van der Waals surface area contributed by atoms with Gasteiger partial charge in [-0.1, -0.05) is 0 Å². The molecule has 4 heterocycles. The van der Waals surface area contributed by atoms with E-state index in [1.807, 2.05) is 12.1 Å². The average Bonchev–Trinajstić information content (AvgIpc) is 3.60. The largest absolute Gasteiger partial charge is 0.493 e. The highest BCUT2D eigenvalue weighted by atomic mass is 19.4. The Morgan fingerprint density at radius 1 is 1.03 bits per heavy atom. The summed E-state index contributed by atoms with van der Waals surface area (Å²) >= 11 is 0. The third-order valence-corrected chi connectivity index (χ3v) is 8.15. The van der Waals surface area contributed by atoms with E-state index in [-0.39, 0.29) is 5.92 Å². The third-order valence-electron chi connectivity index (χ3n) is 8.15. The molecule has 6 nitrogen and oxygen atoms in total. The molecule has 0 bridgehead atoms. The Balaban J connectivity index is 1.38. The van der Waals surface area contributed by atoms with Gasteiger partial charge >= 0.3 is 6.18 Å². The molecular formula is C28H39F3N4O2.